The Morgan fingerprint density at radius 1 is 1.24 bits per heavy atom. The van der Waals surface area contributed by atoms with E-state index in [0.717, 1.165) is 22.5 Å². The molecule has 0 spiro atoms. The van der Waals surface area contributed by atoms with Gasteiger partial charge < -0.3 is 14.0 Å². The Kier molecular flexibility index (Phi) is 6.67. The van der Waals surface area contributed by atoms with Gasteiger partial charge in [-0.15, -0.1) is 0 Å². The SMILES string of the molecule is C=C(C)COc1cc(CNC(c2cccc(F)c2)c2nccn2C)ccc1OC. The summed E-state index contributed by atoms with van der Waals surface area (Å²) >= 11 is 0. The Bertz CT molecular complexity index is 984. The van der Waals surface area contributed by atoms with Crippen LogP contribution in [0.3, 0.4) is 0 Å². The fraction of sp³-hybridized carbons (Fsp3) is 0.261. The predicted octanol–water partition coefficient (Wildman–Crippen LogP) is 4.40. The molecule has 1 unspecified atom stereocenters. The molecule has 0 saturated carbocycles. The molecule has 3 rings (SSSR count). The van der Waals surface area contributed by atoms with E-state index in [1.165, 1.54) is 12.1 Å². The normalized spacial score (nSPS) is 11.9. The molecule has 29 heavy (non-hydrogen) atoms. The van der Waals surface area contributed by atoms with Crippen molar-refractivity contribution in [3.05, 3.63) is 89.8 Å². The van der Waals surface area contributed by atoms with Crippen molar-refractivity contribution in [3.8, 4) is 11.5 Å². The van der Waals surface area contributed by atoms with E-state index in [1.54, 1.807) is 19.4 Å². The maximum absolute atomic E-state index is 13.8. The van der Waals surface area contributed by atoms with E-state index in [1.807, 2.05) is 49.0 Å². The zero-order chi connectivity index (χ0) is 20.8. The second-order valence-corrected chi connectivity index (χ2v) is 7.00. The summed E-state index contributed by atoms with van der Waals surface area (Å²) < 4.78 is 27.0. The minimum Gasteiger partial charge on any atom is -0.493 e. The van der Waals surface area contributed by atoms with Gasteiger partial charge >= 0.3 is 0 Å². The number of rotatable bonds is 9. The number of halogens is 1. The molecule has 0 bridgehead atoms. The van der Waals surface area contributed by atoms with Gasteiger partial charge in [0.25, 0.3) is 0 Å². The lowest BCUT2D eigenvalue weighted by molar-refractivity contribution is 0.319. The molecule has 2 aromatic carbocycles. The first kappa shape index (κ1) is 20.6. The molecular formula is C23H26FN3O2. The summed E-state index contributed by atoms with van der Waals surface area (Å²) in [5.41, 5.74) is 2.75. The van der Waals surface area contributed by atoms with Gasteiger partial charge in [-0.1, -0.05) is 24.8 Å². The summed E-state index contributed by atoms with van der Waals surface area (Å²) in [6.07, 6.45) is 3.61. The van der Waals surface area contributed by atoms with Gasteiger partial charge in [0.05, 0.1) is 13.2 Å². The van der Waals surface area contributed by atoms with Gasteiger partial charge in [0, 0.05) is 26.0 Å². The summed E-state index contributed by atoms with van der Waals surface area (Å²) in [4.78, 5) is 4.45. The Morgan fingerprint density at radius 2 is 2.07 bits per heavy atom. The van der Waals surface area contributed by atoms with Crippen LogP contribution in [0.25, 0.3) is 0 Å². The molecule has 5 nitrogen and oxygen atoms in total. The van der Waals surface area contributed by atoms with Crippen LogP contribution in [0.2, 0.25) is 0 Å². The number of methoxy groups -OCH3 is 1. The Hall–Kier alpha value is -3.12. The second-order valence-electron chi connectivity index (χ2n) is 7.00. The highest BCUT2D eigenvalue weighted by Gasteiger charge is 2.19. The first-order valence-electron chi connectivity index (χ1n) is 9.38. The highest BCUT2D eigenvalue weighted by molar-refractivity contribution is 5.43. The van der Waals surface area contributed by atoms with Crippen LogP contribution < -0.4 is 14.8 Å². The average molecular weight is 395 g/mol. The quantitative estimate of drug-likeness (QED) is 0.546. The van der Waals surface area contributed by atoms with Crippen molar-refractivity contribution in [1.29, 1.82) is 0 Å². The zero-order valence-electron chi connectivity index (χ0n) is 17.0. The molecule has 1 atom stereocenters. The number of benzene rings is 2. The van der Waals surface area contributed by atoms with E-state index in [9.17, 15) is 4.39 Å². The smallest absolute Gasteiger partial charge is 0.161 e. The van der Waals surface area contributed by atoms with Gasteiger partial charge in [-0.2, -0.15) is 0 Å². The molecule has 1 N–H and O–H groups in total. The van der Waals surface area contributed by atoms with E-state index in [4.69, 9.17) is 9.47 Å². The third-order valence-corrected chi connectivity index (χ3v) is 4.51. The third kappa shape index (κ3) is 5.23. The summed E-state index contributed by atoms with van der Waals surface area (Å²) in [7, 11) is 3.54. The second kappa shape index (κ2) is 9.39. The van der Waals surface area contributed by atoms with Gasteiger partial charge in [-0.05, 0) is 47.9 Å². The van der Waals surface area contributed by atoms with E-state index in [-0.39, 0.29) is 11.9 Å². The van der Waals surface area contributed by atoms with Crippen LogP contribution in [0.15, 0.2) is 67.0 Å². The Morgan fingerprint density at radius 3 is 2.72 bits per heavy atom. The lowest BCUT2D eigenvalue weighted by Gasteiger charge is -2.20. The predicted molar refractivity (Wildman–Crippen MR) is 112 cm³/mol. The Labute approximate surface area is 170 Å². The van der Waals surface area contributed by atoms with Crippen LogP contribution >= 0.6 is 0 Å². The molecule has 0 aliphatic carbocycles. The molecule has 0 aliphatic heterocycles. The van der Waals surface area contributed by atoms with Crippen LogP contribution in [0.5, 0.6) is 11.5 Å². The maximum atomic E-state index is 13.8. The number of aromatic nitrogens is 2. The number of hydrogen-bond acceptors (Lipinski definition) is 4. The molecule has 3 aromatic rings. The summed E-state index contributed by atoms with van der Waals surface area (Å²) in [6, 6.07) is 12.1. The van der Waals surface area contributed by atoms with Crippen molar-refractivity contribution in [1.82, 2.24) is 14.9 Å². The van der Waals surface area contributed by atoms with Crippen molar-refractivity contribution < 1.29 is 13.9 Å². The lowest BCUT2D eigenvalue weighted by Crippen LogP contribution is -2.25. The fourth-order valence-corrected chi connectivity index (χ4v) is 3.06. The summed E-state index contributed by atoms with van der Waals surface area (Å²) in [5.74, 6) is 1.86. The number of hydrogen-bond donors (Lipinski definition) is 1. The largest absolute Gasteiger partial charge is 0.493 e. The number of nitrogens with zero attached hydrogens (tertiary/aromatic N) is 2. The number of nitrogens with one attached hydrogen (secondary N) is 1. The zero-order valence-corrected chi connectivity index (χ0v) is 17.0. The van der Waals surface area contributed by atoms with Crippen molar-refractivity contribution in [2.75, 3.05) is 13.7 Å². The Balaban J connectivity index is 1.83. The number of ether oxygens (including phenoxy) is 2. The van der Waals surface area contributed by atoms with Gasteiger partial charge in [-0.25, -0.2) is 9.37 Å². The van der Waals surface area contributed by atoms with Crippen LogP contribution in [-0.4, -0.2) is 23.3 Å². The molecule has 1 heterocycles. The molecular weight excluding hydrogens is 369 g/mol. The van der Waals surface area contributed by atoms with Crippen molar-refractivity contribution >= 4 is 0 Å². The number of aryl methyl sites for hydroxylation is 1. The fourth-order valence-electron chi connectivity index (χ4n) is 3.06. The van der Waals surface area contributed by atoms with Gasteiger partial charge in [0.2, 0.25) is 0 Å². The molecule has 0 amide bonds. The van der Waals surface area contributed by atoms with Gasteiger partial charge in [0.15, 0.2) is 11.5 Å². The third-order valence-electron chi connectivity index (χ3n) is 4.51. The molecule has 0 saturated heterocycles. The van der Waals surface area contributed by atoms with Crippen LogP contribution in [0, 0.1) is 5.82 Å². The van der Waals surface area contributed by atoms with Crippen molar-refractivity contribution in [3.63, 3.8) is 0 Å². The first-order chi connectivity index (χ1) is 14.0. The van der Waals surface area contributed by atoms with Crippen LogP contribution in [-0.2, 0) is 13.6 Å². The standard InChI is InChI=1S/C23H26FN3O2/c1-16(2)15-29-21-12-17(8-9-20(21)28-4)14-26-22(23-25-10-11-27(23)3)18-6-5-7-19(24)13-18/h5-13,22,26H,1,14-15H2,2-4H3. The van der Waals surface area contributed by atoms with E-state index >= 15 is 0 Å². The number of imidazole rings is 1. The maximum Gasteiger partial charge on any atom is 0.161 e. The molecule has 0 fully saturated rings. The lowest BCUT2D eigenvalue weighted by atomic mass is 10.1. The van der Waals surface area contributed by atoms with Gasteiger partial charge in [0.1, 0.15) is 18.2 Å². The molecule has 6 heteroatoms. The van der Waals surface area contributed by atoms with E-state index in [2.05, 4.69) is 16.9 Å². The van der Waals surface area contributed by atoms with Crippen molar-refractivity contribution in [2.24, 2.45) is 7.05 Å². The summed E-state index contributed by atoms with van der Waals surface area (Å²) in [5, 5.41) is 3.49. The van der Waals surface area contributed by atoms with E-state index in [0.29, 0.717) is 24.7 Å². The topological polar surface area (TPSA) is 48.3 Å². The first-order valence-corrected chi connectivity index (χ1v) is 9.38. The molecule has 152 valence electrons. The van der Waals surface area contributed by atoms with Gasteiger partial charge in [-0.3, -0.25) is 5.32 Å². The summed E-state index contributed by atoms with van der Waals surface area (Å²) in [6.45, 7) is 6.74. The minimum atomic E-state index is -0.275. The van der Waals surface area contributed by atoms with Crippen LogP contribution in [0.4, 0.5) is 4.39 Å². The van der Waals surface area contributed by atoms with Crippen molar-refractivity contribution in [2.45, 2.75) is 19.5 Å². The average Bonchev–Trinajstić information content (AvgIpc) is 3.12. The molecule has 1 aromatic heterocycles. The highest BCUT2D eigenvalue weighted by Crippen LogP contribution is 2.29. The van der Waals surface area contributed by atoms with Crippen LogP contribution in [0.1, 0.15) is 29.9 Å². The molecule has 0 aliphatic rings. The van der Waals surface area contributed by atoms with E-state index < -0.39 is 0 Å². The monoisotopic (exact) mass is 395 g/mol. The minimum absolute atomic E-state index is 0.257. The molecule has 0 radical (unpaired) electrons. The highest BCUT2D eigenvalue weighted by atomic mass is 19.1.